The maximum atomic E-state index is 13.1. The molecule has 0 amide bonds. The molecule has 4 aromatic rings. The molecule has 29 heavy (non-hydrogen) atoms. The van der Waals surface area contributed by atoms with Crippen molar-refractivity contribution in [2.24, 2.45) is 0 Å². The number of hydrogen-bond acceptors (Lipinski definition) is 3. The molecule has 6 nitrogen and oxygen atoms in total. The van der Waals surface area contributed by atoms with Gasteiger partial charge >= 0.3 is 5.97 Å². The minimum atomic E-state index is -4.05. The summed E-state index contributed by atoms with van der Waals surface area (Å²) in [6.07, 6.45) is 1.75. The van der Waals surface area contributed by atoms with E-state index in [4.69, 9.17) is 0 Å². The van der Waals surface area contributed by atoms with Gasteiger partial charge in [-0.1, -0.05) is 48.5 Å². The summed E-state index contributed by atoms with van der Waals surface area (Å²) < 4.78 is 28.5. The number of carboxylic acids is 1. The number of aromatic amines is 1. The van der Waals surface area contributed by atoms with Crippen LogP contribution in [0.15, 0.2) is 71.8 Å². The Kier molecular flexibility index (Phi) is 4.86. The van der Waals surface area contributed by atoms with Gasteiger partial charge in [0, 0.05) is 28.9 Å². The van der Waals surface area contributed by atoms with Crippen LogP contribution in [0.3, 0.4) is 0 Å². The molecular weight excluding hydrogens is 388 g/mol. The molecular formula is C22H20N2O4S. The molecule has 1 aromatic heterocycles. The third-order valence-electron chi connectivity index (χ3n) is 5.09. The van der Waals surface area contributed by atoms with E-state index in [1.807, 2.05) is 43.3 Å². The van der Waals surface area contributed by atoms with E-state index in [1.165, 1.54) is 6.07 Å². The zero-order valence-electron chi connectivity index (χ0n) is 15.7. The number of carboxylic acid groups (broad SMARTS) is 1. The average molecular weight is 408 g/mol. The van der Waals surface area contributed by atoms with Crippen molar-refractivity contribution in [3.8, 4) is 0 Å². The molecule has 4 rings (SSSR count). The van der Waals surface area contributed by atoms with Gasteiger partial charge in [-0.15, -0.1) is 0 Å². The summed E-state index contributed by atoms with van der Waals surface area (Å²) in [4.78, 5) is 15.0. The maximum absolute atomic E-state index is 13.1. The summed E-state index contributed by atoms with van der Waals surface area (Å²) in [6, 6.07) is 16.6. The second kappa shape index (κ2) is 7.35. The number of para-hydroxylation sites is 1. The molecule has 1 heterocycles. The number of rotatable bonds is 6. The first-order valence-electron chi connectivity index (χ1n) is 9.15. The summed E-state index contributed by atoms with van der Waals surface area (Å²) in [5.41, 5.74) is 2.57. The molecule has 0 spiro atoms. The van der Waals surface area contributed by atoms with E-state index < -0.39 is 22.0 Å². The Bertz CT molecular complexity index is 1330. The van der Waals surface area contributed by atoms with E-state index in [0.29, 0.717) is 5.39 Å². The lowest BCUT2D eigenvalue weighted by Crippen LogP contribution is -2.42. The molecule has 3 aromatic carbocycles. The number of aromatic nitrogens is 1. The van der Waals surface area contributed by atoms with E-state index in [2.05, 4.69) is 9.71 Å². The van der Waals surface area contributed by atoms with Crippen LogP contribution in [0.5, 0.6) is 0 Å². The summed E-state index contributed by atoms with van der Waals surface area (Å²) in [5.74, 6) is -1.23. The Morgan fingerprint density at radius 2 is 1.66 bits per heavy atom. The molecule has 0 aliphatic rings. The minimum absolute atomic E-state index is 0.0301. The first kappa shape index (κ1) is 19.2. The van der Waals surface area contributed by atoms with Crippen molar-refractivity contribution in [3.05, 3.63) is 78.0 Å². The van der Waals surface area contributed by atoms with Gasteiger partial charge in [-0.2, -0.15) is 4.72 Å². The predicted octanol–water partition coefficient (Wildman–Crippen LogP) is 3.60. The molecule has 0 radical (unpaired) electrons. The number of sulfonamides is 1. The second-order valence-electron chi connectivity index (χ2n) is 7.00. The molecule has 1 atom stereocenters. The summed E-state index contributed by atoms with van der Waals surface area (Å²) in [5, 5.41) is 11.9. The smallest absolute Gasteiger partial charge is 0.322 e. The molecule has 0 saturated carbocycles. The van der Waals surface area contributed by atoms with Gasteiger partial charge in [0.05, 0.1) is 4.90 Å². The quantitative estimate of drug-likeness (QED) is 0.454. The van der Waals surface area contributed by atoms with Crippen LogP contribution in [0.25, 0.3) is 21.7 Å². The van der Waals surface area contributed by atoms with Crippen LogP contribution in [-0.2, 0) is 21.2 Å². The number of aryl methyl sites for hydroxylation is 1. The molecule has 0 bridgehead atoms. The average Bonchev–Trinajstić information content (AvgIpc) is 3.10. The van der Waals surface area contributed by atoms with Crippen molar-refractivity contribution in [1.82, 2.24) is 9.71 Å². The fourth-order valence-electron chi connectivity index (χ4n) is 3.61. The van der Waals surface area contributed by atoms with Crippen LogP contribution < -0.4 is 4.72 Å². The Morgan fingerprint density at radius 3 is 2.38 bits per heavy atom. The molecule has 148 valence electrons. The van der Waals surface area contributed by atoms with Gasteiger partial charge in [0.15, 0.2) is 0 Å². The fourth-order valence-corrected chi connectivity index (χ4v) is 5.01. The van der Waals surface area contributed by atoms with Gasteiger partial charge in [-0.05, 0) is 35.6 Å². The Balaban J connectivity index is 1.70. The van der Waals surface area contributed by atoms with E-state index in [1.54, 1.807) is 24.4 Å². The minimum Gasteiger partial charge on any atom is -0.480 e. The van der Waals surface area contributed by atoms with Crippen LogP contribution >= 0.6 is 0 Å². The zero-order chi connectivity index (χ0) is 20.6. The molecule has 0 aliphatic carbocycles. The molecule has 0 aliphatic heterocycles. The molecule has 7 heteroatoms. The van der Waals surface area contributed by atoms with Crippen LogP contribution in [-0.4, -0.2) is 30.5 Å². The zero-order valence-corrected chi connectivity index (χ0v) is 16.5. The molecule has 0 fully saturated rings. The van der Waals surface area contributed by atoms with E-state index >= 15 is 0 Å². The van der Waals surface area contributed by atoms with E-state index in [0.717, 1.165) is 27.4 Å². The third-order valence-corrected chi connectivity index (χ3v) is 6.62. The van der Waals surface area contributed by atoms with Crippen LogP contribution in [0.1, 0.15) is 11.1 Å². The van der Waals surface area contributed by atoms with Gasteiger partial charge in [0.2, 0.25) is 10.0 Å². The molecule has 3 N–H and O–H groups in total. The lowest BCUT2D eigenvalue weighted by Gasteiger charge is -2.16. The molecule has 0 saturated heterocycles. The standard InChI is InChI=1S/C22H20N2O4S/c1-14-10-11-21(18-8-3-2-6-16(14)18)29(27,28)24-20(22(25)26)12-15-13-23-19-9-5-4-7-17(15)19/h2-11,13,20,23-24H,12H2,1H3,(H,25,26). The normalized spacial score (nSPS) is 13.0. The van der Waals surface area contributed by atoms with Crippen LogP contribution in [0.2, 0.25) is 0 Å². The van der Waals surface area contributed by atoms with Crippen molar-refractivity contribution in [3.63, 3.8) is 0 Å². The predicted molar refractivity (Wildman–Crippen MR) is 112 cm³/mol. The highest BCUT2D eigenvalue weighted by Gasteiger charge is 2.27. The fraction of sp³-hybridized carbons (Fsp3) is 0.136. The van der Waals surface area contributed by atoms with Crippen molar-refractivity contribution < 1.29 is 18.3 Å². The number of aliphatic carboxylic acids is 1. The lowest BCUT2D eigenvalue weighted by molar-refractivity contribution is -0.138. The van der Waals surface area contributed by atoms with Crippen molar-refractivity contribution in [2.75, 3.05) is 0 Å². The molecule has 1 unspecified atom stereocenters. The van der Waals surface area contributed by atoms with Gasteiger partial charge in [0.25, 0.3) is 0 Å². The van der Waals surface area contributed by atoms with Crippen molar-refractivity contribution in [1.29, 1.82) is 0 Å². The SMILES string of the molecule is Cc1ccc(S(=O)(=O)NC(Cc2c[nH]c3ccccc23)C(=O)O)c2ccccc12. The first-order chi connectivity index (χ1) is 13.9. The highest BCUT2D eigenvalue weighted by Crippen LogP contribution is 2.26. The second-order valence-corrected chi connectivity index (χ2v) is 8.68. The third kappa shape index (κ3) is 3.62. The number of fused-ring (bicyclic) bond motifs is 2. The lowest BCUT2D eigenvalue weighted by atomic mass is 10.1. The number of benzene rings is 3. The van der Waals surface area contributed by atoms with E-state index in [-0.39, 0.29) is 11.3 Å². The van der Waals surface area contributed by atoms with E-state index in [9.17, 15) is 18.3 Å². The van der Waals surface area contributed by atoms with Crippen LogP contribution in [0.4, 0.5) is 0 Å². The summed E-state index contributed by atoms with van der Waals surface area (Å²) >= 11 is 0. The van der Waals surface area contributed by atoms with Gasteiger partial charge in [0.1, 0.15) is 6.04 Å². The highest BCUT2D eigenvalue weighted by atomic mass is 32.2. The summed E-state index contributed by atoms with van der Waals surface area (Å²) in [6.45, 7) is 1.91. The Hall–Kier alpha value is -3.16. The Morgan fingerprint density at radius 1 is 1.00 bits per heavy atom. The van der Waals surface area contributed by atoms with Crippen molar-refractivity contribution in [2.45, 2.75) is 24.3 Å². The van der Waals surface area contributed by atoms with Gasteiger partial charge < -0.3 is 10.1 Å². The monoisotopic (exact) mass is 408 g/mol. The van der Waals surface area contributed by atoms with Gasteiger partial charge in [-0.3, -0.25) is 4.79 Å². The maximum Gasteiger partial charge on any atom is 0.322 e. The number of carbonyl (C=O) groups is 1. The summed E-state index contributed by atoms with van der Waals surface area (Å²) in [7, 11) is -4.05. The van der Waals surface area contributed by atoms with Gasteiger partial charge in [-0.25, -0.2) is 8.42 Å². The Labute approximate surface area is 168 Å². The largest absolute Gasteiger partial charge is 0.480 e. The van der Waals surface area contributed by atoms with Crippen molar-refractivity contribution >= 4 is 37.7 Å². The number of nitrogens with one attached hydrogen (secondary N) is 2. The number of hydrogen-bond donors (Lipinski definition) is 3. The highest BCUT2D eigenvalue weighted by molar-refractivity contribution is 7.89. The number of H-pyrrole nitrogens is 1. The topological polar surface area (TPSA) is 99.3 Å². The van der Waals surface area contributed by atoms with Crippen LogP contribution in [0, 0.1) is 6.92 Å². The first-order valence-corrected chi connectivity index (χ1v) is 10.6.